The second kappa shape index (κ2) is 5.09. The summed E-state index contributed by atoms with van der Waals surface area (Å²) in [7, 11) is 0. The highest BCUT2D eigenvalue weighted by atomic mass is 16.3. The van der Waals surface area contributed by atoms with Gasteiger partial charge in [-0.2, -0.15) is 0 Å². The van der Waals surface area contributed by atoms with E-state index in [4.69, 9.17) is 5.11 Å². The topological polar surface area (TPSA) is 69.6 Å². The number of piperazine rings is 1. The van der Waals surface area contributed by atoms with Gasteiger partial charge in [-0.25, -0.2) is 9.97 Å². The molecule has 6 heteroatoms. The van der Waals surface area contributed by atoms with Crippen molar-refractivity contribution in [2.24, 2.45) is 0 Å². The molecule has 1 aromatic rings. The maximum Gasteiger partial charge on any atom is 0.248 e. The number of rotatable bonds is 2. The van der Waals surface area contributed by atoms with Crippen LogP contribution < -0.4 is 4.90 Å². The van der Waals surface area contributed by atoms with Crippen molar-refractivity contribution < 1.29 is 9.90 Å². The summed E-state index contributed by atoms with van der Waals surface area (Å²) in [4.78, 5) is 23.5. The van der Waals surface area contributed by atoms with Crippen molar-refractivity contribution in [1.29, 1.82) is 0 Å². The van der Waals surface area contributed by atoms with Crippen molar-refractivity contribution in [3.8, 4) is 0 Å². The molecule has 92 valence electrons. The van der Waals surface area contributed by atoms with Gasteiger partial charge in [-0.1, -0.05) is 0 Å². The van der Waals surface area contributed by atoms with E-state index in [-0.39, 0.29) is 5.91 Å². The van der Waals surface area contributed by atoms with Gasteiger partial charge in [-0.3, -0.25) is 4.79 Å². The number of amides is 1. The molecule has 1 aromatic heterocycles. The summed E-state index contributed by atoms with van der Waals surface area (Å²) in [5.74, 6) is 0.487. The minimum absolute atomic E-state index is 0.213. The predicted molar refractivity (Wildman–Crippen MR) is 62.6 cm³/mol. The Morgan fingerprint density at radius 1 is 1.29 bits per heavy atom. The van der Waals surface area contributed by atoms with Crippen LogP contribution in [-0.4, -0.2) is 58.7 Å². The minimum Gasteiger partial charge on any atom is -0.387 e. The zero-order chi connectivity index (χ0) is 12.3. The van der Waals surface area contributed by atoms with Crippen LogP contribution in [0, 0.1) is 6.92 Å². The van der Waals surface area contributed by atoms with Gasteiger partial charge in [0.25, 0.3) is 0 Å². The lowest BCUT2D eigenvalue weighted by Gasteiger charge is -2.34. The zero-order valence-corrected chi connectivity index (χ0v) is 9.83. The largest absolute Gasteiger partial charge is 0.387 e. The number of hydrogen-bond acceptors (Lipinski definition) is 5. The summed E-state index contributed by atoms with van der Waals surface area (Å²) in [6.07, 6.45) is 3.57. The molecule has 0 bridgehead atoms. The fourth-order valence-corrected chi connectivity index (χ4v) is 1.80. The van der Waals surface area contributed by atoms with Crippen molar-refractivity contribution in [1.82, 2.24) is 14.9 Å². The normalized spacial score (nSPS) is 16.1. The molecule has 0 radical (unpaired) electrons. The van der Waals surface area contributed by atoms with Gasteiger partial charge in [-0.05, 0) is 12.5 Å². The average molecular weight is 236 g/mol. The first-order chi connectivity index (χ1) is 8.20. The lowest BCUT2D eigenvalue weighted by molar-refractivity contribution is -0.134. The lowest BCUT2D eigenvalue weighted by Crippen LogP contribution is -2.50. The fourth-order valence-electron chi connectivity index (χ4n) is 1.80. The second-order valence-corrected chi connectivity index (χ2v) is 4.09. The van der Waals surface area contributed by atoms with Crippen LogP contribution in [-0.2, 0) is 4.79 Å². The van der Waals surface area contributed by atoms with E-state index < -0.39 is 6.61 Å². The van der Waals surface area contributed by atoms with Crippen LogP contribution in [0.2, 0.25) is 0 Å². The molecule has 2 rings (SSSR count). The molecular weight excluding hydrogens is 220 g/mol. The molecule has 17 heavy (non-hydrogen) atoms. The third-order valence-electron chi connectivity index (χ3n) is 2.82. The molecular formula is C11H16N4O2. The van der Waals surface area contributed by atoms with Gasteiger partial charge in [0.1, 0.15) is 6.61 Å². The summed E-state index contributed by atoms with van der Waals surface area (Å²) in [5.41, 5.74) is 1.03. The molecule has 1 aliphatic rings. The van der Waals surface area contributed by atoms with E-state index in [1.807, 2.05) is 11.8 Å². The fraction of sp³-hybridized carbons (Fsp3) is 0.545. The standard InChI is InChI=1S/C11H16N4O2/c1-9-6-12-11(13-7-9)15-4-2-14(3-5-15)10(17)8-16/h6-7,16H,2-5,8H2,1H3. The Morgan fingerprint density at radius 2 is 1.88 bits per heavy atom. The maximum absolute atomic E-state index is 11.3. The first-order valence-corrected chi connectivity index (χ1v) is 5.63. The Balaban J connectivity index is 1.95. The molecule has 1 saturated heterocycles. The molecule has 1 N–H and O–H groups in total. The van der Waals surface area contributed by atoms with Crippen LogP contribution in [0.15, 0.2) is 12.4 Å². The van der Waals surface area contributed by atoms with Crippen molar-refractivity contribution in [2.45, 2.75) is 6.92 Å². The highest BCUT2D eigenvalue weighted by molar-refractivity contribution is 5.77. The van der Waals surface area contributed by atoms with Gasteiger partial charge in [0, 0.05) is 38.6 Å². The molecule has 1 fully saturated rings. The molecule has 0 spiro atoms. The van der Waals surface area contributed by atoms with Crippen LogP contribution >= 0.6 is 0 Å². The molecule has 1 amide bonds. The van der Waals surface area contributed by atoms with E-state index in [1.165, 1.54) is 0 Å². The lowest BCUT2D eigenvalue weighted by atomic mass is 10.3. The number of aliphatic hydroxyl groups is 1. The number of carbonyl (C=O) groups is 1. The SMILES string of the molecule is Cc1cnc(N2CCN(C(=O)CO)CC2)nc1. The van der Waals surface area contributed by atoms with Crippen LogP contribution in [0.25, 0.3) is 0 Å². The number of carbonyl (C=O) groups excluding carboxylic acids is 1. The molecule has 6 nitrogen and oxygen atoms in total. The Kier molecular flexibility index (Phi) is 3.53. The van der Waals surface area contributed by atoms with E-state index in [0.29, 0.717) is 32.1 Å². The number of nitrogens with zero attached hydrogens (tertiary/aromatic N) is 4. The quantitative estimate of drug-likeness (QED) is 0.744. The van der Waals surface area contributed by atoms with Gasteiger partial charge in [0.15, 0.2) is 0 Å². The Bertz CT molecular complexity index is 385. The third-order valence-corrected chi connectivity index (χ3v) is 2.82. The third kappa shape index (κ3) is 2.71. The smallest absolute Gasteiger partial charge is 0.248 e. The van der Waals surface area contributed by atoms with Crippen LogP contribution in [0.5, 0.6) is 0 Å². The van der Waals surface area contributed by atoms with E-state index in [1.54, 1.807) is 17.3 Å². The van der Waals surface area contributed by atoms with E-state index in [2.05, 4.69) is 9.97 Å². The average Bonchev–Trinajstić information content (AvgIpc) is 2.39. The van der Waals surface area contributed by atoms with Gasteiger partial charge >= 0.3 is 0 Å². The van der Waals surface area contributed by atoms with Gasteiger partial charge in [-0.15, -0.1) is 0 Å². The molecule has 0 saturated carbocycles. The van der Waals surface area contributed by atoms with Crippen LogP contribution in [0.1, 0.15) is 5.56 Å². The summed E-state index contributed by atoms with van der Waals surface area (Å²) < 4.78 is 0. The summed E-state index contributed by atoms with van der Waals surface area (Å²) in [5, 5.41) is 8.77. The van der Waals surface area contributed by atoms with Crippen molar-refractivity contribution in [2.75, 3.05) is 37.7 Å². The summed E-state index contributed by atoms with van der Waals surface area (Å²) >= 11 is 0. The molecule has 1 aliphatic heterocycles. The molecule has 0 aromatic carbocycles. The van der Waals surface area contributed by atoms with E-state index in [0.717, 1.165) is 5.56 Å². The minimum atomic E-state index is -0.416. The maximum atomic E-state index is 11.3. The highest BCUT2D eigenvalue weighted by Crippen LogP contribution is 2.10. The van der Waals surface area contributed by atoms with E-state index in [9.17, 15) is 4.79 Å². The van der Waals surface area contributed by atoms with Gasteiger partial charge < -0.3 is 14.9 Å². The zero-order valence-electron chi connectivity index (χ0n) is 9.83. The molecule has 0 atom stereocenters. The van der Waals surface area contributed by atoms with Crippen LogP contribution in [0.3, 0.4) is 0 Å². The number of anilines is 1. The Hall–Kier alpha value is -1.69. The predicted octanol–water partition coefficient (Wildman–Crippen LogP) is -0.574. The Morgan fingerprint density at radius 3 is 2.41 bits per heavy atom. The van der Waals surface area contributed by atoms with Gasteiger partial charge in [0.2, 0.25) is 11.9 Å². The number of hydrogen-bond donors (Lipinski definition) is 1. The highest BCUT2D eigenvalue weighted by Gasteiger charge is 2.21. The number of aryl methyl sites for hydroxylation is 1. The first kappa shape index (κ1) is 11.8. The molecule has 0 unspecified atom stereocenters. The van der Waals surface area contributed by atoms with Crippen molar-refractivity contribution in [3.05, 3.63) is 18.0 Å². The number of aliphatic hydroxyl groups excluding tert-OH is 1. The van der Waals surface area contributed by atoms with Gasteiger partial charge in [0.05, 0.1) is 0 Å². The van der Waals surface area contributed by atoms with Crippen molar-refractivity contribution >= 4 is 11.9 Å². The Labute approximate surface area is 99.9 Å². The molecule has 0 aliphatic carbocycles. The summed E-state index contributed by atoms with van der Waals surface area (Å²) in [6.45, 7) is 4.15. The number of aromatic nitrogens is 2. The van der Waals surface area contributed by atoms with Crippen molar-refractivity contribution in [3.63, 3.8) is 0 Å². The van der Waals surface area contributed by atoms with Crippen LogP contribution in [0.4, 0.5) is 5.95 Å². The second-order valence-electron chi connectivity index (χ2n) is 4.09. The summed E-state index contributed by atoms with van der Waals surface area (Å²) in [6, 6.07) is 0. The molecule has 2 heterocycles. The van der Waals surface area contributed by atoms with E-state index >= 15 is 0 Å². The monoisotopic (exact) mass is 236 g/mol. The first-order valence-electron chi connectivity index (χ1n) is 5.63.